The summed E-state index contributed by atoms with van der Waals surface area (Å²) in [5.41, 5.74) is 0.762. The van der Waals surface area contributed by atoms with Crippen LogP contribution in [0.4, 0.5) is 0 Å². The van der Waals surface area contributed by atoms with Gasteiger partial charge in [-0.2, -0.15) is 0 Å². The maximum absolute atomic E-state index is 12.3. The molecule has 0 radical (unpaired) electrons. The summed E-state index contributed by atoms with van der Waals surface area (Å²) >= 11 is 0. The molecule has 1 aliphatic heterocycles. The van der Waals surface area contributed by atoms with Crippen LogP contribution in [0.1, 0.15) is 105 Å². The van der Waals surface area contributed by atoms with Crippen molar-refractivity contribution in [1.82, 2.24) is 10.2 Å². The molecule has 0 aliphatic carbocycles. The van der Waals surface area contributed by atoms with Gasteiger partial charge in [0.05, 0.1) is 11.1 Å². The smallest absolute Gasteiger partial charge is 0.262 e. The highest BCUT2D eigenvalue weighted by atomic mass is 16.2. The van der Waals surface area contributed by atoms with E-state index in [0.717, 1.165) is 17.7 Å². The van der Waals surface area contributed by atoms with Gasteiger partial charge in [-0.1, -0.05) is 89.7 Å². The van der Waals surface area contributed by atoms with Crippen LogP contribution in [0.15, 0.2) is 24.3 Å². The SMILES string of the molecule is CCCCCCCCCCCCCCNC(=O)CN1C(=O)c2ccccc2C1=O. The molecule has 5 nitrogen and oxygen atoms in total. The van der Waals surface area contributed by atoms with E-state index in [1.807, 2.05) is 0 Å². The Balaban J connectivity index is 1.47. The van der Waals surface area contributed by atoms with Crippen molar-refractivity contribution in [2.45, 2.75) is 84.0 Å². The average molecular weight is 401 g/mol. The molecule has 1 heterocycles. The van der Waals surface area contributed by atoms with Gasteiger partial charge in [0.2, 0.25) is 5.91 Å². The number of fused-ring (bicyclic) bond motifs is 1. The molecule has 0 bridgehead atoms. The van der Waals surface area contributed by atoms with Crippen LogP contribution in [-0.2, 0) is 4.79 Å². The molecule has 5 heteroatoms. The number of carbonyl (C=O) groups is 3. The number of rotatable bonds is 15. The van der Waals surface area contributed by atoms with Gasteiger partial charge in [0.15, 0.2) is 0 Å². The Labute approximate surface area is 175 Å². The highest BCUT2D eigenvalue weighted by Crippen LogP contribution is 2.21. The van der Waals surface area contributed by atoms with Gasteiger partial charge in [0, 0.05) is 6.54 Å². The third-order valence-corrected chi connectivity index (χ3v) is 5.53. The minimum atomic E-state index is -0.383. The zero-order valence-corrected chi connectivity index (χ0v) is 17.9. The summed E-state index contributed by atoms with van der Waals surface area (Å²) in [6.07, 6.45) is 15.3. The van der Waals surface area contributed by atoms with Crippen molar-refractivity contribution in [2.24, 2.45) is 0 Å². The molecule has 0 spiro atoms. The summed E-state index contributed by atoms with van der Waals surface area (Å²) in [5, 5.41) is 2.83. The number of nitrogens with one attached hydrogen (secondary N) is 1. The van der Waals surface area contributed by atoms with Gasteiger partial charge in [-0.25, -0.2) is 0 Å². The van der Waals surface area contributed by atoms with E-state index in [2.05, 4.69) is 12.2 Å². The monoisotopic (exact) mass is 400 g/mol. The molecule has 0 aromatic heterocycles. The Morgan fingerprint density at radius 1 is 0.759 bits per heavy atom. The zero-order chi connectivity index (χ0) is 20.9. The van der Waals surface area contributed by atoms with Gasteiger partial charge < -0.3 is 5.32 Å². The van der Waals surface area contributed by atoms with E-state index in [1.165, 1.54) is 64.2 Å². The first-order valence-electron chi connectivity index (χ1n) is 11.4. The van der Waals surface area contributed by atoms with Crippen LogP contribution in [0.25, 0.3) is 0 Å². The number of nitrogens with zero attached hydrogens (tertiary/aromatic N) is 1. The topological polar surface area (TPSA) is 66.5 Å². The molecule has 1 aromatic rings. The van der Waals surface area contributed by atoms with E-state index in [-0.39, 0.29) is 24.3 Å². The largest absolute Gasteiger partial charge is 0.355 e. The Kier molecular flexibility index (Phi) is 10.5. The number of carbonyl (C=O) groups excluding carboxylic acids is 3. The predicted octanol–water partition coefficient (Wildman–Crippen LogP) is 5.10. The van der Waals surface area contributed by atoms with Crippen molar-refractivity contribution in [2.75, 3.05) is 13.1 Å². The average Bonchev–Trinajstić information content (AvgIpc) is 2.96. The molecule has 1 aromatic carbocycles. The second-order valence-corrected chi connectivity index (χ2v) is 7.98. The lowest BCUT2D eigenvalue weighted by Gasteiger charge is -2.13. The quantitative estimate of drug-likeness (QED) is 0.329. The van der Waals surface area contributed by atoms with Crippen LogP contribution in [0.5, 0.6) is 0 Å². The normalized spacial score (nSPS) is 13.1. The maximum atomic E-state index is 12.3. The van der Waals surface area contributed by atoms with E-state index in [9.17, 15) is 14.4 Å². The van der Waals surface area contributed by atoms with Crippen LogP contribution in [-0.4, -0.2) is 35.7 Å². The van der Waals surface area contributed by atoms with Crippen LogP contribution in [0.2, 0.25) is 0 Å². The van der Waals surface area contributed by atoms with Crippen molar-refractivity contribution >= 4 is 17.7 Å². The second kappa shape index (κ2) is 13.1. The van der Waals surface area contributed by atoms with Gasteiger partial charge in [-0.3, -0.25) is 19.3 Å². The second-order valence-electron chi connectivity index (χ2n) is 7.98. The predicted molar refractivity (Wildman–Crippen MR) is 116 cm³/mol. The fraction of sp³-hybridized carbons (Fsp3) is 0.625. The standard InChI is InChI=1S/C24H36N2O3/c1-2-3-4-5-6-7-8-9-10-11-12-15-18-25-22(27)19-26-23(28)20-16-13-14-17-21(20)24(26)29/h13-14,16-17H,2-12,15,18-19H2,1H3,(H,25,27). The Hall–Kier alpha value is -2.17. The molecule has 0 unspecified atom stereocenters. The number of imide groups is 1. The number of amides is 3. The number of hydrogen-bond donors (Lipinski definition) is 1. The fourth-order valence-electron chi connectivity index (χ4n) is 3.78. The molecule has 160 valence electrons. The molecule has 0 saturated heterocycles. The van der Waals surface area contributed by atoms with Gasteiger partial charge in [-0.05, 0) is 18.6 Å². The zero-order valence-electron chi connectivity index (χ0n) is 17.9. The summed E-state index contributed by atoms with van der Waals surface area (Å²) in [7, 11) is 0. The fourth-order valence-corrected chi connectivity index (χ4v) is 3.78. The lowest BCUT2D eigenvalue weighted by Crippen LogP contribution is -2.40. The van der Waals surface area contributed by atoms with Crippen molar-refractivity contribution in [1.29, 1.82) is 0 Å². The molecule has 0 atom stereocenters. The molecule has 1 aliphatic rings. The third kappa shape index (κ3) is 7.64. The van der Waals surface area contributed by atoms with Gasteiger partial charge in [-0.15, -0.1) is 0 Å². The van der Waals surface area contributed by atoms with Gasteiger partial charge in [0.25, 0.3) is 11.8 Å². The molecule has 3 amide bonds. The van der Waals surface area contributed by atoms with Crippen LogP contribution in [0, 0.1) is 0 Å². The third-order valence-electron chi connectivity index (χ3n) is 5.53. The molecule has 0 saturated carbocycles. The van der Waals surface area contributed by atoms with Crippen molar-refractivity contribution in [3.8, 4) is 0 Å². The van der Waals surface area contributed by atoms with Crippen molar-refractivity contribution < 1.29 is 14.4 Å². The number of hydrogen-bond acceptors (Lipinski definition) is 3. The van der Waals surface area contributed by atoms with E-state index in [4.69, 9.17) is 0 Å². The van der Waals surface area contributed by atoms with Crippen LogP contribution < -0.4 is 5.32 Å². The van der Waals surface area contributed by atoms with Gasteiger partial charge >= 0.3 is 0 Å². The molecular weight excluding hydrogens is 364 g/mol. The number of unbranched alkanes of at least 4 members (excludes halogenated alkanes) is 11. The molecule has 1 N–H and O–H groups in total. The Morgan fingerprint density at radius 3 is 1.69 bits per heavy atom. The minimum Gasteiger partial charge on any atom is -0.355 e. The first-order chi connectivity index (χ1) is 14.1. The first kappa shape index (κ1) is 23.1. The minimum absolute atomic E-state index is 0.204. The van der Waals surface area contributed by atoms with E-state index in [0.29, 0.717) is 17.7 Å². The van der Waals surface area contributed by atoms with Crippen LogP contribution >= 0.6 is 0 Å². The maximum Gasteiger partial charge on any atom is 0.262 e. The molecule has 29 heavy (non-hydrogen) atoms. The van der Waals surface area contributed by atoms with Gasteiger partial charge in [0.1, 0.15) is 6.54 Å². The Morgan fingerprint density at radius 2 is 1.21 bits per heavy atom. The highest BCUT2D eigenvalue weighted by Gasteiger charge is 2.36. The number of benzene rings is 1. The van der Waals surface area contributed by atoms with E-state index in [1.54, 1.807) is 24.3 Å². The first-order valence-corrected chi connectivity index (χ1v) is 11.4. The lowest BCUT2D eigenvalue weighted by atomic mass is 10.1. The van der Waals surface area contributed by atoms with E-state index >= 15 is 0 Å². The summed E-state index contributed by atoms with van der Waals surface area (Å²) in [4.78, 5) is 37.6. The Bertz CT molecular complexity index is 637. The molecule has 0 fully saturated rings. The summed E-state index contributed by atoms with van der Waals surface area (Å²) < 4.78 is 0. The lowest BCUT2D eigenvalue weighted by molar-refractivity contribution is -0.121. The van der Waals surface area contributed by atoms with Crippen molar-refractivity contribution in [3.63, 3.8) is 0 Å². The summed E-state index contributed by atoms with van der Waals surface area (Å²) in [5.74, 6) is -1.04. The molecule has 2 rings (SSSR count). The van der Waals surface area contributed by atoms with Crippen molar-refractivity contribution in [3.05, 3.63) is 35.4 Å². The summed E-state index contributed by atoms with van der Waals surface area (Å²) in [6, 6.07) is 6.70. The highest BCUT2D eigenvalue weighted by molar-refractivity contribution is 6.22. The molecular formula is C24H36N2O3. The summed E-state index contributed by atoms with van der Waals surface area (Å²) in [6.45, 7) is 2.64. The van der Waals surface area contributed by atoms with E-state index < -0.39 is 0 Å². The van der Waals surface area contributed by atoms with Crippen LogP contribution in [0.3, 0.4) is 0 Å².